The fraction of sp³-hybridized carbons (Fsp3) is 0.519. The number of ether oxygens (including phenoxy) is 1. The van der Waals surface area contributed by atoms with E-state index in [0.717, 1.165) is 17.5 Å². The Morgan fingerprint density at radius 1 is 1.16 bits per heavy atom. The summed E-state index contributed by atoms with van der Waals surface area (Å²) in [5.74, 6) is -1.59. The zero-order valence-electron chi connectivity index (χ0n) is 21.7. The van der Waals surface area contributed by atoms with Crippen LogP contribution in [0.15, 0.2) is 30.3 Å². The number of fused-ring (bicyclic) bond motifs is 1. The van der Waals surface area contributed by atoms with Crippen molar-refractivity contribution in [3.63, 3.8) is 0 Å². The number of aryl methyl sites for hydroxylation is 2. The van der Waals surface area contributed by atoms with Crippen molar-refractivity contribution in [1.29, 1.82) is 0 Å². The summed E-state index contributed by atoms with van der Waals surface area (Å²) >= 11 is 0. The van der Waals surface area contributed by atoms with Gasteiger partial charge in [0, 0.05) is 38.8 Å². The Bertz CT molecular complexity index is 1180. The SMILES string of the molecule is CCOC(=O)[C@H]1CCCN(C(=O)[C@H](C)NC(=O)c2cc3n(n2)CCCN(Cc2cccc(C)c2)C3=O)C1. The molecular formula is C27H35N5O5. The van der Waals surface area contributed by atoms with E-state index in [1.54, 1.807) is 28.3 Å². The fourth-order valence-corrected chi connectivity index (χ4v) is 4.96. The Morgan fingerprint density at radius 3 is 2.73 bits per heavy atom. The predicted molar refractivity (Wildman–Crippen MR) is 136 cm³/mol. The third-order valence-electron chi connectivity index (χ3n) is 6.84. The highest BCUT2D eigenvalue weighted by molar-refractivity contribution is 5.99. The van der Waals surface area contributed by atoms with Crippen LogP contribution in [0.3, 0.4) is 0 Å². The fourth-order valence-electron chi connectivity index (χ4n) is 4.96. The molecule has 3 amide bonds. The van der Waals surface area contributed by atoms with Crippen LogP contribution in [0.2, 0.25) is 0 Å². The van der Waals surface area contributed by atoms with Crippen molar-refractivity contribution >= 4 is 23.7 Å². The number of benzene rings is 1. The van der Waals surface area contributed by atoms with Gasteiger partial charge < -0.3 is 19.9 Å². The summed E-state index contributed by atoms with van der Waals surface area (Å²) < 4.78 is 6.69. The largest absolute Gasteiger partial charge is 0.466 e. The van der Waals surface area contributed by atoms with Crippen LogP contribution in [0.5, 0.6) is 0 Å². The van der Waals surface area contributed by atoms with Crippen LogP contribution in [0, 0.1) is 12.8 Å². The average Bonchev–Trinajstić information content (AvgIpc) is 3.26. The van der Waals surface area contributed by atoms with Gasteiger partial charge in [-0.3, -0.25) is 23.9 Å². The average molecular weight is 510 g/mol. The highest BCUT2D eigenvalue weighted by Crippen LogP contribution is 2.20. The van der Waals surface area contributed by atoms with Crippen LogP contribution < -0.4 is 5.32 Å². The molecule has 0 bridgehead atoms. The van der Waals surface area contributed by atoms with Crippen molar-refractivity contribution < 1.29 is 23.9 Å². The highest BCUT2D eigenvalue weighted by Gasteiger charge is 2.32. The van der Waals surface area contributed by atoms with Crippen molar-refractivity contribution in [2.24, 2.45) is 5.92 Å². The molecule has 3 heterocycles. The van der Waals surface area contributed by atoms with Crippen LogP contribution in [-0.2, 0) is 27.4 Å². The van der Waals surface area contributed by atoms with Crippen LogP contribution in [0.4, 0.5) is 0 Å². The first-order valence-electron chi connectivity index (χ1n) is 13.0. The Hall–Kier alpha value is -3.69. The lowest BCUT2D eigenvalue weighted by Crippen LogP contribution is -2.51. The molecule has 1 aromatic heterocycles. The van der Waals surface area contributed by atoms with Gasteiger partial charge in [0.15, 0.2) is 5.69 Å². The zero-order valence-corrected chi connectivity index (χ0v) is 21.7. The van der Waals surface area contributed by atoms with Crippen molar-refractivity contribution in [3.05, 3.63) is 52.8 Å². The molecule has 1 saturated heterocycles. The summed E-state index contributed by atoms with van der Waals surface area (Å²) in [5.41, 5.74) is 2.65. The van der Waals surface area contributed by atoms with Gasteiger partial charge in [-0.15, -0.1) is 0 Å². The molecule has 2 atom stereocenters. The van der Waals surface area contributed by atoms with E-state index >= 15 is 0 Å². The van der Waals surface area contributed by atoms with Gasteiger partial charge in [-0.1, -0.05) is 29.8 Å². The normalized spacial score (nSPS) is 18.6. The molecule has 10 nitrogen and oxygen atoms in total. The molecule has 1 fully saturated rings. The number of hydrogen-bond donors (Lipinski definition) is 1. The molecule has 0 saturated carbocycles. The molecule has 1 aromatic carbocycles. The van der Waals surface area contributed by atoms with Crippen molar-refractivity contribution in [1.82, 2.24) is 24.9 Å². The molecule has 0 unspecified atom stereocenters. The minimum atomic E-state index is -0.802. The van der Waals surface area contributed by atoms with Gasteiger partial charge in [-0.25, -0.2) is 0 Å². The molecule has 37 heavy (non-hydrogen) atoms. The lowest BCUT2D eigenvalue weighted by atomic mass is 9.97. The molecule has 198 valence electrons. The number of rotatable bonds is 7. The molecule has 2 aromatic rings. The summed E-state index contributed by atoms with van der Waals surface area (Å²) in [7, 11) is 0. The number of piperidine rings is 1. The van der Waals surface area contributed by atoms with Gasteiger partial charge in [-0.05, 0) is 45.6 Å². The molecular weight excluding hydrogens is 474 g/mol. The third-order valence-corrected chi connectivity index (χ3v) is 6.84. The summed E-state index contributed by atoms with van der Waals surface area (Å²) in [6.07, 6.45) is 2.10. The van der Waals surface area contributed by atoms with E-state index in [-0.39, 0.29) is 35.9 Å². The van der Waals surface area contributed by atoms with E-state index in [4.69, 9.17) is 4.74 Å². The van der Waals surface area contributed by atoms with Gasteiger partial charge in [0.1, 0.15) is 11.7 Å². The maximum Gasteiger partial charge on any atom is 0.310 e. The van der Waals surface area contributed by atoms with Crippen molar-refractivity contribution in [2.75, 3.05) is 26.2 Å². The number of likely N-dealkylation sites (tertiary alicyclic amines) is 1. The van der Waals surface area contributed by atoms with E-state index in [2.05, 4.69) is 16.5 Å². The second kappa shape index (κ2) is 11.6. The number of nitrogens with zero attached hydrogens (tertiary/aromatic N) is 4. The number of amides is 3. The lowest BCUT2D eigenvalue weighted by molar-refractivity contribution is -0.151. The molecule has 10 heteroatoms. The molecule has 0 radical (unpaired) electrons. The first-order valence-corrected chi connectivity index (χ1v) is 13.0. The number of nitrogens with one attached hydrogen (secondary N) is 1. The Balaban J connectivity index is 1.39. The summed E-state index contributed by atoms with van der Waals surface area (Å²) in [6, 6.07) is 8.75. The van der Waals surface area contributed by atoms with E-state index in [0.29, 0.717) is 51.3 Å². The summed E-state index contributed by atoms with van der Waals surface area (Å²) in [6.45, 7) is 8.11. The monoisotopic (exact) mass is 509 g/mol. The third kappa shape index (κ3) is 6.18. The Morgan fingerprint density at radius 2 is 1.97 bits per heavy atom. The maximum atomic E-state index is 13.3. The lowest BCUT2D eigenvalue weighted by Gasteiger charge is -2.33. The highest BCUT2D eigenvalue weighted by atomic mass is 16.5. The topological polar surface area (TPSA) is 114 Å². The maximum absolute atomic E-state index is 13.3. The Kier molecular flexibility index (Phi) is 8.25. The van der Waals surface area contributed by atoms with Crippen LogP contribution in [0.25, 0.3) is 0 Å². The quantitative estimate of drug-likeness (QED) is 0.572. The summed E-state index contributed by atoms with van der Waals surface area (Å²) in [4.78, 5) is 54.7. The van der Waals surface area contributed by atoms with Crippen LogP contribution >= 0.6 is 0 Å². The Labute approximate surface area is 216 Å². The minimum Gasteiger partial charge on any atom is -0.466 e. The smallest absolute Gasteiger partial charge is 0.310 e. The van der Waals surface area contributed by atoms with E-state index in [9.17, 15) is 19.2 Å². The van der Waals surface area contributed by atoms with Gasteiger partial charge >= 0.3 is 5.97 Å². The second-order valence-electron chi connectivity index (χ2n) is 9.78. The van der Waals surface area contributed by atoms with E-state index in [1.807, 2.05) is 25.1 Å². The van der Waals surface area contributed by atoms with Gasteiger partial charge in [-0.2, -0.15) is 5.10 Å². The van der Waals surface area contributed by atoms with Gasteiger partial charge in [0.25, 0.3) is 11.8 Å². The molecule has 2 aliphatic rings. The standard InChI is InChI=1S/C27H35N5O5/c1-4-37-27(36)21-10-6-11-31(17-21)25(34)19(3)28-24(33)22-15-23-26(35)30(12-7-13-32(23)29-22)16-20-9-5-8-18(2)14-20/h5,8-9,14-15,19,21H,4,6-7,10-13,16-17H2,1-3H3,(H,28,33)/t19-,21-/m0/s1. The molecule has 0 aliphatic carbocycles. The number of aromatic nitrogens is 2. The van der Waals surface area contributed by atoms with E-state index in [1.165, 1.54) is 6.07 Å². The number of esters is 1. The predicted octanol–water partition coefficient (Wildman–Crippen LogP) is 2.16. The number of carbonyl (C=O) groups is 4. The van der Waals surface area contributed by atoms with Gasteiger partial charge in [0.05, 0.1) is 12.5 Å². The summed E-state index contributed by atoms with van der Waals surface area (Å²) in [5, 5.41) is 7.08. The molecule has 2 aliphatic heterocycles. The van der Waals surface area contributed by atoms with Crippen molar-refractivity contribution in [2.45, 2.75) is 59.2 Å². The number of carbonyl (C=O) groups excluding carboxylic acids is 4. The van der Waals surface area contributed by atoms with Crippen LogP contribution in [-0.4, -0.2) is 75.6 Å². The number of hydrogen-bond acceptors (Lipinski definition) is 6. The van der Waals surface area contributed by atoms with Gasteiger partial charge in [0.2, 0.25) is 5.91 Å². The van der Waals surface area contributed by atoms with Crippen LogP contribution in [0.1, 0.15) is 65.2 Å². The minimum absolute atomic E-state index is 0.100. The first kappa shape index (κ1) is 26.4. The zero-order chi connectivity index (χ0) is 26.5. The second-order valence-corrected chi connectivity index (χ2v) is 9.78. The molecule has 4 rings (SSSR count). The first-order chi connectivity index (χ1) is 17.8. The molecule has 0 spiro atoms. The van der Waals surface area contributed by atoms with E-state index < -0.39 is 11.9 Å². The molecule has 1 N–H and O–H groups in total. The van der Waals surface area contributed by atoms with Crippen molar-refractivity contribution in [3.8, 4) is 0 Å².